The van der Waals surface area contributed by atoms with Gasteiger partial charge in [-0.15, -0.1) is 0 Å². The molecule has 1 amide bonds. The first-order valence-corrected chi connectivity index (χ1v) is 5.46. The number of rotatable bonds is 2. The third-order valence-electron chi connectivity index (χ3n) is 2.90. The van der Waals surface area contributed by atoms with Gasteiger partial charge >= 0.3 is 0 Å². The quantitative estimate of drug-likeness (QED) is 0.752. The number of nitrogens with zero attached hydrogens (tertiary/aromatic N) is 1. The second-order valence-corrected chi connectivity index (χ2v) is 4.12. The summed E-state index contributed by atoms with van der Waals surface area (Å²) in [6, 6.07) is 8.68. The lowest BCUT2D eigenvalue weighted by Crippen LogP contribution is -2.37. The zero-order chi connectivity index (χ0) is 11.5. The fraction of sp³-hybridized carbons (Fsp3) is 0.417. The minimum atomic E-state index is -0.619. The molecule has 1 aliphatic heterocycles. The number of nitrogens with two attached hydrogens (primary N) is 1. The van der Waals surface area contributed by atoms with Gasteiger partial charge < -0.3 is 15.7 Å². The van der Waals surface area contributed by atoms with Gasteiger partial charge in [0.15, 0.2) is 0 Å². The van der Waals surface area contributed by atoms with Crippen LogP contribution in [0.5, 0.6) is 0 Å². The maximum atomic E-state index is 12.0. The molecule has 0 radical (unpaired) electrons. The molecule has 1 aromatic rings. The number of hydrogen-bond donors (Lipinski definition) is 2. The van der Waals surface area contributed by atoms with Crippen LogP contribution in [-0.4, -0.2) is 35.1 Å². The molecule has 0 unspecified atom stereocenters. The molecular weight excluding hydrogens is 204 g/mol. The first-order valence-electron chi connectivity index (χ1n) is 5.46. The smallest absolute Gasteiger partial charge is 0.244 e. The van der Waals surface area contributed by atoms with E-state index < -0.39 is 12.1 Å². The Morgan fingerprint density at radius 3 is 2.69 bits per heavy atom. The number of likely N-dealkylation sites (tertiary alicyclic amines) is 1. The number of benzene rings is 1. The zero-order valence-electron chi connectivity index (χ0n) is 9.04. The second kappa shape index (κ2) is 4.63. The molecule has 2 atom stereocenters. The largest absolute Gasteiger partial charge is 0.391 e. The van der Waals surface area contributed by atoms with Crippen LogP contribution in [0.4, 0.5) is 0 Å². The Labute approximate surface area is 94.7 Å². The highest BCUT2D eigenvalue weighted by Crippen LogP contribution is 2.17. The summed E-state index contributed by atoms with van der Waals surface area (Å²) in [5, 5.41) is 9.37. The summed E-state index contributed by atoms with van der Waals surface area (Å²) in [5.41, 5.74) is 6.70. The van der Waals surface area contributed by atoms with E-state index in [1.165, 1.54) is 0 Å². The maximum absolute atomic E-state index is 12.0. The number of β-amino-alcohol motifs (C(OH)–C–C–N with tert-alkyl or cyclic N) is 1. The van der Waals surface area contributed by atoms with Crippen molar-refractivity contribution in [3.63, 3.8) is 0 Å². The number of amides is 1. The molecule has 1 saturated heterocycles. The van der Waals surface area contributed by atoms with Crippen LogP contribution in [0.1, 0.15) is 18.0 Å². The molecule has 3 N–H and O–H groups in total. The number of aliphatic hydroxyl groups is 1. The summed E-state index contributed by atoms with van der Waals surface area (Å²) in [6.45, 7) is 1.000. The number of hydrogen-bond acceptors (Lipinski definition) is 3. The number of aliphatic hydroxyl groups excluding tert-OH is 1. The van der Waals surface area contributed by atoms with Gasteiger partial charge in [0, 0.05) is 13.1 Å². The fourth-order valence-electron chi connectivity index (χ4n) is 1.94. The Kier molecular flexibility index (Phi) is 3.22. The highest BCUT2D eigenvalue weighted by molar-refractivity contribution is 5.83. The van der Waals surface area contributed by atoms with E-state index in [2.05, 4.69) is 0 Å². The van der Waals surface area contributed by atoms with Crippen molar-refractivity contribution in [2.24, 2.45) is 5.73 Å². The Hall–Kier alpha value is -1.39. The van der Waals surface area contributed by atoms with E-state index in [1.54, 1.807) is 4.90 Å². The molecule has 1 fully saturated rings. The highest BCUT2D eigenvalue weighted by atomic mass is 16.3. The van der Waals surface area contributed by atoms with Crippen LogP contribution in [-0.2, 0) is 4.79 Å². The molecular formula is C12H16N2O2. The fourth-order valence-corrected chi connectivity index (χ4v) is 1.94. The summed E-state index contributed by atoms with van der Waals surface area (Å²) in [7, 11) is 0. The van der Waals surface area contributed by atoms with Gasteiger partial charge in [0.25, 0.3) is 0 Å². The van der Waals surface area contributed by atoms with Crippen molar-refractivity contribution in [2.45, 2.75) is 18.6 Å². The Morgan fingerprint density at radius 2 is 2.12 bits per heavy atom. The van der Waals surface area contributed by atoms with Gasteiger partial charge in [0.1, 0.15) is 6.04 Å². The molecule has 86 valence electrons. The molecule has 4 nitrogen and oxygen atoms in total. The molecule has 1 heterocycles. The molecule has 0 saturated carbocycles. The van der Waals surface area contributed by atoms with Crippen LogP contribution in [0.15, 0.2) is 30.3 Å². The summed E-state index contributed by atoms with van der Waals surface area (Å²) in [6.07, 6.45) is 0.250. The molecule has 4 heteroatoms. The third-order valence-corrected chi connectivity index (χ3v) is 2.90. The topological polar surface area (TPSA) is 66.6 Å². The van der Waals surface area contributed by atoms with E-state index in [4.69, 9.17) is 5.73 Å². The second-order valence-electron chi connectivity index (χ2n) is 4.12. The van der Waals surface area contributed by atoms with E-state index >= 15 is 0 Å². The molecule has 1 aromatic carbocycles. The van der Waals surface area contributed by atoms with Crippen LogP contribution in [0.25, 0.3) is 0 Å². The normalized spacial score (nSPS) is 22.1. The first-order chi connectivity index (χ1) is 7.68. The molecule has 0 bridgehead atoms. The Morgan fingerprint density at radius 1 is 1.44 bits per heavy atom. The predicted octanol–water partition coefficient (Wildman–Crippen LogP) is 0.280. The van der Waals surface area contributed by atoms with E-state index in [1.807, 2.05) is 30.3 Å². The lowest BCUT2D eigenvalue weighted by molar-refractivity contribution is -0.132. The molecule has 2 rings (SSSR count). The van der Waals surface area contributed by atoms with Gasteiger partial charge in [0.2, 0.25) is 5.91 Å². The Bertz CT molecular complexity index is 367. The van der Waals surface area contributed by atoms with Crippen molar-refractivity contribution in [1.82, 2.24) is 4.90 Å². The van der Waals surface area contributed by atoms with Crippen LogP contribution in [0, 0.1) is 0 Å². The average molecular weight is 220 g/mol. The van der Waals surface area contributed by atoms with Crippen molar-refractivity contribution >= 4 is 5.91 Å². The maximum Gasteiger partial charge on any atom is 0.244 e. The van der Waals surface area contributed by atoms with Crippen molar-refractivity contribution < 1.29 is 9.90 Å². The molecule has 1 aliphatic rings. The van der Waals surface area contributed by atoms with Crippen molar-refractivity contribution in [3.8, 4) is 0 Å². The molecule has 0 spiro atoms. The summed E-state index contributed by atoms with van der Waals surface area (Å²) >= 11 is 0. The van der Waals surface area contributed by atoms with Gasteiger partial charge in [-0.25, -0.2) is 0 Å². The van der Waals surface area contributed by atoms with Gasteiger partial charge in [-0.05, 0) is 12.0 Å². The summed E-state index contributed by atoms with van der Waals surface area (Å²) < 4.78 is 0. The Balaban J connectivity index is 2.05. The minimum absolute atomic E-state index is 0.109. The van der Waals surface area contributed by atoms with Gasteiger partial charge in [-0.3, -0.25) is 4.79 Å². The minimum Gasteiger partial charge on any atom is -0.391 e. The molecule has 0 aromatic heterocycles. The standard InChI is InChI=1S/C12H16N2O2/c13-11(9-4-2-1-3-5-9)12(16)14-7-6-10(15)8-14/h1-5,10-11,15H,6-8,13H2/t10-,11+/m1/s1. The van der Waals surface area contributed by atoms with E-state index in [0.717, 1.165) is 5.56 Å². The van der Waals surface area contributed by atoms with Gasteiger partial charge in [0.05, 0.1) is 6.10 Å². The van der Waals surface area contributed by atoms with Crippen LogP contribution in [0.3, 0.4) is 0 Å². The van der Waals surface area contributed by atoms with Crippen LogP contribution in [0.2, 0.25) is 0 Å². The lowest BCUT2D eigenvalue weighted by Gasteiger charge is -2.20. The number of carbonyl (C=O) groups excluding carboxylic acids is 1. The third kappa shape index (κ3) is 2.23. The van der Waals surface area contributed by atoms with Gasteiger partial charge in [-0.2, -0.15) is 0 Å². The van der Waals surface area contributed by atoms with Crippen molar-refractivity contribution in [1.29, 1.82) is 0 Å². The van der Waals surface area contributed by atoms with Gasteiger partial charge in [-0.1, -0.05) is 30.3 Å². The van der Waals surface area contributed by atoms with Crippen molar-refractivity contribution in [2.75, 3.05) is 13.1 Å². The van der Waals surface area contributed by atoms with Crippen LogP contribution >= 0.6 is 0 Å². The monoisotopic (exact) mass is 220 g/mol. The molecule has 0 aliphatic carbocycles. The van der Waals surface area contributed by atoms with Crippen LogP contribution < -0.4 is 5.73 Å². The van der Waals surface area contributed by atoms with E-state index in [0.29, 0.717) is 19.5 Å². The highest BCUT2D eigenvalue weighted by Gasteiger charge is 2.28. The van der Waals surface area contributed by atoms with E-state index in [-0.39, 0.29) is 5.91 Å². The van der Waals surface area contributed by atoms with Crippen molar-refractivity contribution in [3.05, 3.63) is 35.9 Å². The van der Waals surface area contributed by atoms with E-state index in [9.17, 15) is 9.90 Å². The zero-order valence-corrected chi connectivity index (χ0v) is 9.04. The predicted molar refractivity (Wildman–Crippen MR) is 60.6 cm³/mol. The SMILES string of the molecule is N[C@H](C(=O)N1CC[C@@H](O)C1)c1ccccc1. The summed E-state index contributed by atoms with van der Waals surface area (Å²) in [5.74, 6) is -0.109. The lowest BCUT2D eigenvalue weighted by atomic mass is 10.1. The molecule has 16 heavy (non-hydrogen) atoms. The summed E-state index contributed by atoms with van der Waals surface area (Å²) in [4.78, 5) is 13.6. The average Bonchev–Trinajstić information content (AvgIpc) is 2.75. The first kappa shape index (κ1) is 11.1. The number of carbonyl (C=O) groups is 1.